The number of hydrogen-bond acceptors (Lipinski definition) is 6. The van der Waals surface area contributed by atoms with E-state index in [4.69, 9.17) is 15.0 Å². The molecule has 2 aromatic heterocycles. The van der Waals surface area contributed by atoms with Crippen LogP contribution in [0.15, 0.2) is 55.1 Å². The molecule has 5 rings (SSSR count). The second-order valence-corrected chi connectivity index (χ2v) is 8.07. The van der Waals surface area contributed by atoms with Crippen LogP contribution in [-0.4, -0.2) is 57.6 Å². The number of aromatic nitrogens is 4. The maximum Gasteiger partial charge on any atom is 0.227 e. The van der Waals surface area contributed by atoms with Crippen molar-refractivity contribution in [2.75, 3.05) is 43.4 Å². The highest BCUT2D eigenvalue weighted by Gasteiger charge is 2.18. The van der Waals surface area contributed by atoms with E-state index < -0.39 is 0 Å². The number of hydrogen-bond donors (Lipinski definition) is 1. The summed E-state index contributed by atoms with van der Waals surface area (Å²) in [4.78, 5) is 19.1. The summed E-state index contributed by atoms with van der Waals surface area (Å²) in [6.07, 6.45) is 1.90. The third-order valence-electron chi connectivity index (χ3n) is 5.89. The van der Waals surface area contributed by atoms with Crippen molar-refractivity contribution in [1.82, 2.24) is 24.4 Å². The zero-order chi connectivity index (χ0) is 21.4. The number of nitrogens with one attached hydrogen (secondary N) is 1. The average molecular weight is 414 g/mol. The van der Waals surface area contributed by atoms with Crippen LogP contribution in [0, 0.1) is 6.92 Å². The molecule has 1 fully saturated rings. The van der Waals surface area contributed by atoms with E-state index in [-0.39, 0.29) is 0 Å². The summed E-state index contributed by atoms with van der Waals surface area (Å²) in [6, 6.07) is 14.4. The highest BCUT2D eigenvalue weighted by atomic mass is 15.3. The van der Waals surface area contributed by atoms with Crippen molar-refractivity contribution < 1.29 is 0 Å². The summed E-state index contributed by atoms with van der Waals surface area (Å²) < 4.78 is 2.16. The van der Waals surface area contributed by atoms with Crippen molar-refractivity contribution in [3.63, 3.8) is 0 Å². The normalized spacial score (nSPS) is 15.0. The summed E-state index contributed by atoms with van der Waals surface area (Å²) >= 11 is 0. The quantitative estimate of drug-likeness (QED) is 0.500. The molecule has 0 radical (unpaired) electrons. The average Bonchev–Trinajstić information content (AvgIpc) is 3.09. The van der Waals surface area contributed by atoms with Gasteiger partial charge in [0.2, 0.25) is 5.95 Å². The molecule has 0 bridgehead atoms. The molecule has 0 spiro atoms. The molecule has 1 N–H and O–H groups in total. The molecule has 2 aromatic carbocycles. The predicted molar refractivity (Wildman–Crippen MR) is 127 cm³/mol. The van der Waals surface area contributed by atoms with Gasteiger partial charge in [-0.1, -0.05) is 18.2 Å². The fraction of sp³-hybridized carbons (Fsp3) is 0.292. The molecule has 1 aliphatic heterocycles. The van der Waals surface area contributed by atoms with Crippen molar-refractivity contribution >= 4 is 39.4 Å². The first kappa shape index (κ1) is 19.5. The zero-order valence-electron chi connectivity index (χ0n) is 18.0. The van der Waals surface area contributed by atoms with Gasteiger partial charge in [0.15, 0.2) is 0 Å². The largest absolute Gasteiger partial charge is 0.339 e. The van der Waals surface area contributed by atoms with Crippen LogP contribution < -0.4 is 10.2 Å². The first-order valence-electron chi connectivity index (χ1n) is 10.7. The SMILES string of the molecule is C=CCn1c(C)nc2cc(Nc3nc(N4CCN(C)CC4)nc4ccccc34)ccc21. The Kier molecular flexibility index (Phi) is 5.03. The lowest BCUT2D eigenvalue weighted by molar-refractivity contribution is 0.311. The topological polar surface area (TPSA) is 62.1 Å². The maximum atomic E-state index is 4.92. The van der Waals surface area contributed by atoms with Crippen LogP contribution in [0.25, 0.3) is 21.9 Å². The fourth-order valence-electron chi connectivity index (χ4n) is 4.13. The lowest BCUT2D eigenvalue weighted by atomic mass is 10.2. The van der Waals surface area contributed by atoms with E-state index in [0.29, 0.717) is 0 Å². The van der Waals surface area contributed by atoms with Crippen molar-refractivity contribution in [2.24, 2.45) is 0 Å². The smallest absolute Gasteiger partial charge is 0.227 e. The van der Waals surface area contributed by atoms with Crippen LogP contribution in [0.3, 0.4) is 0 Å². The zero-order valence-corrected chi connectivity index (χ0v) is 18.0. The molecule has 0 amide bonds. The molecule has 3 heterocycles. The number of imidazole rings is 1. The molecule has 158 valence electrons. The number of anilines is 3. The van der Waals surface area contributed by atoms with Crippen molar-refractivity contribution in [1.29, 1.82) is 0 Å². The van der Waals surface area contributed by atoms with Crippen molar-refractivity contribution in [3.8, 4) is 0 Å². The molecule has 31 heavy (non-hydrogen) atoms. The number of aryl methyl sites for hydroxylation is 1. The standard InChI is InChI=1S/C24H27N7/c1-4-11-31-17(2)25-21-16-18(9-10-22(21)31)26-23-19-7-5-6-8-20(19)27-24(28-23)30-14-12-29(3)13-15-30/h4-10,16H,1,11-15H2,2-3H3,(H,26,27,28). The second-order valence-electron chi connectivity index (χ2n) is 8.07. The number of allylic oxidation sites excluding steroid dienone is 1. The van der Waals surface area contributed by atoms with Crippen LogP contribution in [0.2, 0.25) is 0 Å². The van der Waals surface area contributed by atoms with E-state index in [1.54, 1.807) is 0 Å². The van der Waals surface area contributed by atoms with E-state index >= 15 is 0 Å². The number of rotatable bonds is 5. The summed E-state index contributed by atoms with van der Waals surface area (Å²) in [5, 5.41) is 4.54. The number of nitrogens with zero attached hydrogens (tertiary/aromatic N) is 6. The minimum absolute atomic E-state index is 0.750. The van der Waals surface area contributed by atoms with Gasteiger partial charge in [0.25, 0.3) is 0 Å². The van der Waals surface area contributed by atoms with Gasteiger partial charge in [-0.15, -0.1) is 6.58 Å². The first-order chi connectivity index (χ1) is 15.1. The van der Waals surface area contributed by atoms with Gasteiger partial charge in [-0.05, 0) is 44.3 Å². The first-order valence-corrected chi connectivity index (χ1v) is 10.7. The molecule has 1 saturated heterocycles. The molecular weight excluding hydrogens is 386 g/mol. The van der Waals surface area contributed by atoms with Gasteiger partial charge in [-0.3, -0.25) is 0 Å². The summed E-state index contributed by atoms with van der Waals surface area (Å²) in [5.74, 6) is 2.58. The predicted octanol–water partition coefficient (Wildman–Crippen LogP) is 3.97. The summed E-state index contributed by atoms with van der Waals surface area (Å²) in [6.45, 7) is 10.5. The maximum absolute atomic E-state index is 4.92. The van der Waals surface area contributed by atoms with E-state index in [9.17, 15) is 0 Å². The monoisotopic (exact) mass is 413 g/mol. The number of para-hydroxylation sites is 1. The lowest BCUT2D eigenvalue weighted by Crippen LogP contribution is -2.45. The third kappa shape index (κ3) is 3.72. The minimum Gasteiger partial charge on any atom is -0.339 e. The molecule has 0 atom stereocenters. The third-order valence-corrected chi connectivity index (χ3v) is 5.89. The Balaban J connectivity index is 1.53. The molecule has 0 aliphatic carbocycles. The molecule has 0 saturated carbocycles. The van der Waals surface area contributed by atoms with Crippen LogP contribution >= 0.6 is 0 Å². The molecule has 1 aliphatic rings. The highest BCUT2D eigenvalue weighted by Crippen LogP contribution is 2.28. The summed E-state index contributed by atoms with van der Waals surface area (Å²) in [5.41, 5.74) is 3.97. The van der Waals surface area contributed by atoms with Crippen molar-refractivity contribution in [3.05, 3.63) is 60.9 Å². The Labute approximate surface area is 182 Å². The molecule has 7 nitrogen and oxygen atoms in total. The van der Waals surface area contributed by atoms with Gasteiger partial charge in [0.1, 0.15) is 11.6 Å². The van der Waals surface area contributed by atoms with E-state index in [2.05, 4.69) is 57.6 Å². The van der Waals surface area contributed by atoms with Gasteiger partial charge in [0.05, 0.1) is 16.6 Å². The Hall–Kier alpha value is -3.45. The Morgan fingerprint density at radius 3 is 2.61 bits per heavy atom. The molecular formula is C24H27N7. The van der Waals surface area contributed by atoms with Gasteiger partial charge in [0, 0.05) is 43.8 Å². The van der Waals surface area contributed by atoms with Crippen LogP contribution in [0.4, 0.5) is 17.5 Å². The molecule has 0 unspecified atom stereocenters. The van der Waals surface area contributed by atoms with Gasteiger partial charge < -0.3 is 19.7 Å². The molecule has 4 aromatic rings. The number of fused-ring (bicyclic) bond motifs is 2. The Morgan fingerprint density at radius 1 is 1.00 bits per heavy atom. The van der Waals surface area contributed by atoms with Crippen molar-refractivity contribution in [2.45, 2.75) is 13.5 Å². The Bertz CT molecular complexity index is 1250. The van der Waals surface area contributed by atoms with E-state index in [0.717, 1.165) is 77.9 Å². The second kappa shape index (κ2) is 8.00. The van der Waals surface area contributed by atoms with Crippen LogP contribution in [-0.2, 0) is 6.54 Å². The van der Waals surface area contributed by atoms with Gasteiger partial charge >= 0.3 is 0 Å². The summed E-state index contributed by atoms with van der Waals surface area (Å²) in [7, 11) is 2.15. The fourth-order valence-corrected chi connectivity index (χ4v) is 4.13. The van der Waals surface area contributed by atoms with Gasteiger partial charge in [-0.2, -0.15) is 4.98 Å². The lowest BCUT2D eigenvalue weighted by Gasteiger charge is -2.32. The van der Waals surface area contributed by atoms with E-state index in [1.807, 2.05) is 31.2 Å². The number of likely N-dealkylation sites (N-methyl/N-ethyl adjacent to an activating group) is 1. The van der Waals surface area contributed by atoms with Crippen LogP contribution in [0.1, 0.15) is 5.82 Å². The number of piperazine rings is 1. The Morgan fingerprint density at radius 2 is 1.81 bits per heavy atom. The van der Waals surface area contributed by atoms with E-state index in [1.165, 1.54) is 0 Å². The minimum atomic E-state index is 0.750. The number of benzene rings is 2. The van der Waals surface area contributed by atoms with Gasteiger partial charge in [-0.25, -0.2) is 9.97 Å². The van der Waals surface area contributed by atoms with Crippen LogP contribution in [0.5, 0.6) is 0 Å². The highest BCUT2D eigenvalue weighted by molar-refractivity contribution is 5.92. The molecule has 7 heteroatoms.